The van der Waals surface area contributed by atoms with Gasteiger partial charge in [0.15, 0.2) is 0 Å². The molecule has 10 nitrogen and oxygen atoms in total. The number of ether oxygens (including phenoxy) is 2. The van der Waals surface area contributed by atoms with Gasteiger partial charge in [-0.1, -0.05) is 0 Å². The smallest absolute Gasteiger partial charge is 0.262 e. The molecule has 3 rings (SSSR count). The number of amides is 1. The van der Waals surface area contributed by atoms with Crippen molar-refractivity contribution in [2.24, 2.45) is 0 Å². The Bertz CT molecular complexity index is 1440. The molecule has 0 unspecified atom stereocenters. The molecule has 3 aromatic carbocycles. The number of hydrogen-bond donors (Lipinski definition) is 2. The van der Waals surface area contributed by atoms with Gasteiger partial charge in [0.2, 0.25) is 15.9 Å². The lowest BCUT2D eigenvalue weighted by molar-refractivity contribution is -0.114. The second-order valence-electron chi connectivity index (χ2n) is 7.49. The van der Waals surface area contributed by atoms with Crippen LogP contribution >= 0.6 is 0 Å². The van der Waals surface area contributed by atoms with Crippen molar-refractivity contribution in [2.45, 2.75) is 4.90 Å². The maximum absolute atomic E-state index is 13.2. The van der Waals surface area contributed by atoms with E-state index < -0.39 is 38.3 Å². The largest absolute Gasteiger partial charge is 0.497 e. The van der Waals surface area contributed by atoms with Crippen LogP contribution in [-0.2, 0) is 24.8 Å². The third-order valence-corrected chi connectivity index (χ3v) is 7.42. The van der Waals surface area contributed by atoms with E-state index >= 15 is 0 Å². The molecular formula is C23H24FN3O7S2. The molecule has 36 heavy (non-hydrogen) atoms. The predicted molar refractivity (Wildman–Crippen MR) is 134 cm³/mol. The molecule has 13 heteroatoms. The molecule has 0 saturated carbocycles. The van der Waals surface area contributed by atoms with Crippen LogP contribution in [0.5, 0.6) is 11.5 Å². The monoisotopic (exact) mass is 537 g/mol. The van der Waals surface area contributed by atoms with Crippen molar-refractivity contribution in [3.8, 4) is 11.5 Å². The van der Waals surface area contributed by atoms with Gasteiger partial charge in [0.1, 0.15) is 23.9 Å². The molecule has 2 N–H and O–H groups in total. The molecule has 1 amide bonds. The molecule has 3 aromatic rings. The first kappa shape index (κ1) is 26.8. The predicted octanol–water partition coefficient (Wildman–Crippen LogP) is 3.05. The second kappa shape index (κ2) is 10.8. The molecule has 0 heterocycles. The van der Waals surface area contributed by atoms with E-state index in [9.17, 15) is 26.0 Å². The fourth-order valence-electron chi connectivity index (χ4n) is 3.15. The molecule has 192 valence electrons. The summed E-state index contributed by atoms with van der Waals surface area (Å²) in [4.78, 5) is 12.4. The first-order valence-electron chi connectivity index (χ1n) is 10.3. The summed E-state index contributed by atoms with van der Waals surface area (Å²) in [7, 11) is -5.00. The van der Waals surface area contributed by atoms with Gasteiger partial charge in [0.05, 0.1) is 36.7 Å². The van der Waals surface area contributed by atoms with E-state index in [-0.39, 0.29) is 22.0 Å². The lowest BCUT2D eigenvalue weighted by Crippen LogP contribution is -2.37. The minimum atomic E-state index is -4.01. The molecule has 0 aromatic heterocycles. The fourth-order valence-corrected chi connectivity index (χ4v) is 5.07. The number of hydrogen-bond acceptors (Lipinski definition) is 7. The Kier molecular flexibility index (Phi) is 8.05. The molecule has 0 spiro atoms. The van der Waals surface area contributed by atoms with Crippen molar-refractivity contribution in [1.82, 2.24) is 0 Å². The van der Waals surface area contributed by atoms with Crippen LogP contribution in [0.15, 0.2) is 71.6 Å². The second-order valence-corrected chi connectivity index (χ2v) is 11.1. The van der Waals surface area contributed by atoms with Crippen LogP contribution < -0.4 is 23.8 Å². The van der Waals surface area contributed by atoms with Crippen LogP contribution in [0.1, 0.15) is 0 Å². The number of rotatable bonds is 10. The first-order chi connectivity index (χ1) is 16.9. The van der Waals surface area contributed by atoms with Crippen molar-refractivity contribution >= 4 is 43.0 Å². The number of carbonyl (C=O) groups is 1. The molecule has 0 fully saturated rings. The van der Waals surface area contributed by atoms with Crippen molar-refractivity contribution < 1.29 is 35.5 Å². The highest BCUT2D eigenvalue weighted by molar-refractivity contribution is 7.92. The van der Waals surface area contributed by atoms with Crippen LogP contribution in [0.3, 0.4) is 0 Å². The van der Waals surface area contributed by atoms with Crippen molar-refractivity contribution in [3.05, 3.63) is 72.5 Å². The average Bonchev–Trinajstić information content (AvgIpc) is 2.82. The standard InChI is InChI=1S/C23H24FN3O7S2/c1-33-19-10-13-22(34-2)21(14-19)26-36(31,32)20-11-6-17(7-12-20)25-23(28)15-27(35(3,29)30)18-8-4-16(24)5-9-18/h4-14,26H,15H2,1-3H3,(H,25,28). The summed E-state index contributed by atoms with van der Waals surface area (Å²) in [6.07, 6.45) is 0.924. The van der Waals surface area contributed by atoms with Gasteiger partial charge in [-0.05, 0) is 60.7 Å². The quantitative estimate of drug-likeness (QED) is 0.406. The Morgan fingerprint density at radius 1 is 0.917 bits per heavy atom. The minimum Gasteiger partial charge on any atom is -0.497 e. The van der Waals surface area contributed by atoms with Gasteiger partial charge >= 0.3 is 0 Å². The number of methoxy groups -OCH3 is 2. The summed E-state index contributed by atoms with van der Waals surface area (Å²) in [5.41, 5.74) is 0.538. The lowest BCUT2D eigenvalue weighted by Gasteiger charge is -2.21. The number of benzene rings is 3. The maximum atomic E-state index is 13.2. The molecule has 0 radical (unpaired) electrons. The number of carbonyl (C=O) groups excluding carboxylic acids is 1. The molecule has 0 aliphatic heterocycles. The number of sulfonamides is 2. The number of anilines is 3. The topological polar surface area (TPSA) is 131 Å². The first-order valence-corrected chi connectivity index (χ1v) is 13.6. The summed E-state index contributed by atoms with van der Waals surface area (Å²) >= 11 is 0. The molecular weight excluding hydrogens is 513 g/mol. The summed E-state index contributed by atoms with van der Waals surface area (Å²) < 4.78 is 76.8. The van der Waals surface area contributed by atoms with Gasteiger partial charge in [-0.2, -0.15) is 0 Å². The van der Waals surface area contributed by atoms with Crippen LogP contribution in [0, 0.1) is 5.82 Å². The van der Waals surface area contributed by atoms with Crippen molar-refractivity contribution in [1.29, 1.82) is 0 Å². The Balaban J connectivity index is 1.73. The SMILES string of the molecule is COc1ccc(OC)c(NS(=O)(=O)c2ccc(NC(=O)CN(c3ccc(F)cc3)S(C)(=O)=O)cc2)c1. The van der Waals surface area contributed by atoms with Gasteiger partial charge in [0.25, 0.3) is 10.0 Å². The van der Waals surface area contributed by atoms with Crippen LogP contribution in [0.25, 0.3) is 0 Å². The number of halogens is 1. The number of nitrogens with one attached hydrogen (secondary N) is 2. The van der Waals surface area contributed by atoms with E-state index in [4.69, 9.17) is 9.47 Å². The molecule has 0 aliphatic carbocycles. The van der Waals surface area contributed by atoms with E-state index in [0.717, 1.165) is 22.7 Å². The highest BCUT2D eigenvalue weighted by Gasteiger charge is 2.22. The van der Waals surface area contributed by atoms with E-state index in [0.29, 0.717) is 11.5 Å². The molecule has 0 aliphatic rings. The zero-order valence-corrected chi connectivity index (χ0v) is 21.2. The number of nitrogens with zero attached hydrogens (tertiary/aromatic N) is 1. The summed E-state index contributed by atoms with van der Waals surface area (Å²) in [6, 6.07) is 14.6. The summed E-state index contributed by atoms with van der Waals surface area (Å²) in [5, 5.41) is 2.52. The zero-order chi connectivity index (χ0) is 26.5. The normalized spacial score (nSPS) is 11.4. The Morgan fingerprint density at radius 3 is 2.11 bits per heavy atom. The van der Waals surface area contributed by atoms with Gasteiger partial charge in [-0.3, -0.25) is 13.8 Å². The van der Waals surface area contributed by atoms with E-state index in [1.54, 1.807) is 12.1 Å². The van der Waals surface area contributed by atoms with Gasteiger partial charge in [-0.25, -0.2) is 21.2 Å². The van der Waals surface area contributed by atoms with Crippen LogP contribution in [-0.4, -0.2) is 49.8 Å². The summed E-state index contributed by atoms with van der Waals surface area (Å²) in [6.45, 7) is -0.568. The lowest BCUT2D eigenvalue weighted by atomic mass is 10.3. The Morgan fingerprint density at radius 2 is 1.56 bits per heavy atom. The third-order valence-electron chi connectivity index (χ3n) is 4.90. The zero-order valence-electron chi connectivity index (χ0n) is 19.6. The Hall–Kier alpha value is -3.84. The van der Waals surface area contributed by atoms with E-state index in [2.05, 4.69) is 10.0 Å². The Labute approximate surface area is 208 Å². The average molecular weight is 538 g/mol. The highest BCUT2D eigenvalue weighted by Crippen LogP contribution is 2.31. The van der Waals surface area contributed by atoms with Gasteiger partial charge in [-0.15, -0.1) is 0 Å². The molecule has 0 saturated heterocycles. The fraction of sp³-hybridized carbons (Fsp3) is 0.174. The van der Waals surface area contributed by atoms with E-state index in [1.165, 1.54) is 56.7 Å². The third kappa shape index (κ3) is 6.64. The van der Waals surface area contributed by atoms with Crippen LogP contribution in [0.4, 0.5) is 21.5 Å². The highest BCUT2D eigenvalue weighted by atomic mass is 32.2. The van der Waals surface area contributed by atoms with E-state index in [1.807, 2.05) is 0 Å². The molecule has 0 atom stereocenters. The minimum absolute atomic E-state index is 0.0885. The molecule has 0 bridgehead atoms. The summed E-state index contributed by atoms with van der Waals surface area (Å²) in [5.74, 6) is -0.513. The maximum Gasteiger partial charge on any atom is 0.262 e. The van der Waals surface area contributed by atoms with Gasteiger partial charge in [0, 0.05) is 11.8 Å². The van der Waals surface area contributed by atoms with Crippen LogP contribution in [0.2, 0.25) is 0 Å². The van der Waals surface area contributed by atoms with Gasteiger partial charge < -0.3 is 14.8 Å². The van der Waals surface area contributed by atoms with Crippen molar-refractivity contribution in [3.63, 3.8) is 0 Å². The van der Waals surface area contributed by atoms with Crippen molar-refractivity contribution in [2.75, 3.05) is 41.4 Å².